The highest BCUT2D eigenvalue weighted by Gasteiger charge is 2.12. The Bertz CT molecular complexity index is 532. The quantitative estimate of drug-likeness (QED) is 0.854. The van der Waals surface area contributed by atoms with E-state index in [-0.39, 0.29) is 11.3 Å². The third kappa shape index (κ3) is 2.42. The molecule has 0 aliphatic carbocycles. The Morgan fingerprint density at radius 3 is 2.22 bits per heavy atom. The van der Waals surface area contributed by atoms with Gasteiger partial charge < -0.3 is 5.32 Å². The topological polar surface area (TPSA) is 37.8 Å². The third-order valence-electron chi connectivity index (χ3n) is 2.30. The molecule has 6 heteroatoms. The first-order valence-corrected chi connectivity index (χ1v) is 5.34. The minimum absolute atomic E-state index is 0.141. The number of hydrogen-bond acceptors (Lipinski definition) is 3. The van der Waals surface area contributed by atoms with Gasteiger partial charge in [-0.3, -0.25) is 0 Å². The van der Waals surface area contributed by atoms with Gasteiger partial charge >= 0.3 is 0 Å². The average molecular weight is 253 g/mol. The van der Waals surface area contributed by atoms with Crippen molar-refractivity contribution >= 4 is 5.82 Å². The lowest BCUT2D eigenvalue weighted by molar-refractivity contribution is 0.447. The van der Waals surface area contributed by atoms with Gasteiger partial charge in [-0.15, -0.1) is 10.2 Å². The standard InChI is InChI=1S/C12H10F3N3/c1-2-16-11-4-3-10(17-18-11)7-5-8(13)12(15)9(14)6-7/h3-6H,2H2,1H3,(H,16,18). The molecule has 0 bridgehead atoms. The van der Waals surface area contributed by atoms with Crippen LogP contribution in [0.2, 0.25) is 0 Å². The SMILES string of the molecule is CCNc1ccc(-c2cc(F)c(F)c(F)c2)nn1. The Morgan fingerprint density at radius 2 is 1.72 bits per heavy atom. The van der Waals surface area contributed by atoms with E-state index >= 15 is 0 Å². The van der Waals surface area contributed by atoms with Crippen LogP contribution in [0.5, 0.6) is 0 Å². The van der Waals surface area contributed by atoms with E-state index in [1.54, 1.807) is 12.1 Å². The highest BCUT2D eigenvalue weighted by atomic mass is 19.2. The molecule has 1 heterocycles. The monoisotopic (exact) mass is 253 g/mol. The molecule has 0 saturated heterocycles. The smallest absolute Gasteiger partial charge is 0.194 e. The lowest BCUT2D eigenvalue weighted by Gasteiger charge is -2.04. The van der Waals surface area contributed by atoms with Crippen molar-refractivity contribution in [2.45, 2.75) is 6.92 Å². The van der Waals surface area contributed by atoms with Crippen molar-refractivity contribution in [3.05, 3.63) is 41.7 Å². The summed E-state index contributed by atoms with van der Waals surface area (Å²) in [6.45, 7) is 2.59. The van der Waals surface area contributed by atoms with Gasteiger partial charge in [0.2, 0.25) is 0 Å². The highest BCUT2D eigenvalue weighted by Crippen LogP contribution is 2.22. The summed E-state index contributed by atoms with van der Waals surface area (Å²) in [6, 6.07) is 4.95. The van der Waals surface area contributed by atoms with Crippen molar-refractivity contribution in [2.75, 3.05) is 11.9 Å². The van der Waals surface area contributed by atoms with E-state index in [2.05, 4.69) is 15.5 Å². The first kappa shape index (κ1) is 12.3. The summed E-state index contributed by atoms with van der Waals surface area (Å²) in [4.78, 5) is 0. The van der Waals surface area contributed by atoms with Crippen LogP contribution in [0.4, 0.5) is 19.0 Å². The number of anilines is 1. The number of hydrogen-bond donors (Lipinski definition) is 1. The maximum atomic E-state index is 13.1. The minimum atomic E-state index is -1.49. The van der Waals surface area contributed by atoms with E-state index in [9.17, 15) is 13.2 Å². The number of nitrogens with zero attached hydrogens (tertiary/aromatic N) is 2. The highest BCUT2D eigenvalue weighted by molar-refractivity contribution is 5.59. The van der Waals surface area contributed by atoms with Crippen molar-refractivity contribution < 1.29 is 13.2 Å². The summed E-state index contributed by atoms with van der Waals surface area (Å²) in [7, 11) is 0. The molecule has 0 spiro atoms. The molecule has 1 aromatic heterocycles. The van der Waals surface area contributed by atoms with Gasteiger partial charge in [0.1, 0.15) is 5.82 Å². The molecule has 3 nitrogen and oxygen atoms in total. The van der Waals surface area contributed by atoms with Crippen molar-refractivity contribution in [1.29, 1.82) is 0 Å². The second-order valence-electron chi connectivity index (χ2n) is 3.59. The van der Waals surface area contributed by atoms with Gasteiger partial charge in [0.25, 0.3) is 0 Å². The molecule has 1 aromatic carbocycles. The predicted octanol–water partition coefficient (Wildman–Crippen LogP) is 2.99. The maximum absolute atomic E-state index is 13.1. The maximum Gasteiger partial charge on any atom is 0.194 e. The average Bonchev–Trinajstić information content (AvgIpc) is 2.37. The summed E-state index contributed by atoms with van der Waals surface area (Å²) in [6.07, 6.45) is 0. The van der Waals surface area contributed by atoms with Crippen LogP contribution in [0.3, 0.4) is 0 Å². The molecule has 2 aromatic rings. The summed E-state index contributed by atoms with van der Waals surface area (Å²) in [5.41, 5.74) is 0.413. The molecule has 18 heavy (non-hydrogen) atoms. The fourth-order valence-electron chi connectivity index (χ4n) is 1.47. The van der Waals surface area contributed by atoms with Gasteiger partial charge in [-0.05, 0) is 31.2 Å². The summed E-state index contributed by atoms with van der Waals surface area (Å²) in [5.74, 6) is -3.43. The Kier molecular flexibility index (Phi) is 3.45. The Morgan fingerprint density at radius 1 is 1.06 bits per heavy atom. The lowest BCUT2D eigenvalue weighted by atomic mass is 10.1. The number of benzene rings is 1. The van der Waals surface area contributed by atoms with Crippen molar-refractivity contribution in [3.63, 3.8) is 0 Å². The van der Waals surface area contributed by atoms with Crippen molar-refractivity contribution in [3.8, 4) is 11.3 Å². The fourth-order valence-corrected chi connectivity index (χ4v) is 1.47. The second kappa shape index (κ2) is 5.03. The van der Waals surface area contributed by atoms with Crippen LogP contribution in [0, 0.1) is 17.5 Å². The Labute approximate surface area is 102 Å². The number of aromatic nitrogens is 2. The molecule has 0 atom stereocenters. The van der Waals surface area contributed by atoms with E-state index in [1.165, 1.54) is 0 Å². The van der Waals surface area contributed by atoms with E-state index < -0.39 is 17.5 Å². The number of rotatable bonds is 3. The molecule has 1 N–H and O–H groups in total. The zero-order valence-corrected chi connectivity index (χ0v) is 9.54. The first-order valence-electron chi connectivity index (χ1n) is 5.34. The zero-order valence-electron chi connectivity index (χ0n) is 9.54. The van der Waals surface area contributed by atoms with Gasteiger partial charge in [0, 0.05) is 12.1 Å². The van der Waals surface area contributed by atoms with Crippen LogP contribution in [-0.2, 0) is 0 Å². The first-order chi connectivity index (χ1) is 8.61. The summed E-state index contributed by atoms with van der Waals surface area (Å²) in [5, 5.41) is 10.6. The van der Waals surface area contributed by atoms with Gasteiger partial charge in [0.15, 0.2) is 17.5 Å². The minimum Gasteiger partial charge on any atom is -0.369 e. The van der Waals surface area contributed by atoms with Crippen LogP contribution >= 0.6 is 0 Å². The Balaban J connectivity index is 2.36. The number of nitrogens with one attached hydrogen (secondary N) is 1. The molecular formula is C12H10F3N3. The molecular weight excluding hydrogens is 243 g/mol. The Hall–Kier alpha value is -2.11. The molecule has 0 saturated carbocycles. The lowest BCUT2D eigenvalue weighted by Crippen LogP contribution is -2.01. The largest absolute Gasteiger partial charge is 0.369 e. The van der Waals surface area contributed by atoms with Crippen LogP contribution in [0.15, 0.2) is 24.3 Å². The van der Waals surface area contributed by atoms with E-state index in [1.807, 2.05) is 6.92 Å². The van der Waals surface area contributed by atoms with Gasteiger partial charge in [-0.25, -0.2) is 13.2 Å². The zero-order chi connectivity index (χ0) is 13.1. The van der Waals surface area contributed by atoms with Crippen molar-refractivity contribution in [1.82, 2.24) is 10.2 Å². The molecule has 0 fully saturated rings. The van der Waals surface area contributed by atoms with Crippen LogP contribution in [-0.4, -0.2) is 16.7 Å². The second-order valence-corrected chi connectivity index (χ2v) is 3.59. The van der Waals surface area contributed by atoms with Crippen LogP contribution < -0.4 is 5.32 Å². The van der Waals surface area contributed by atoms with Gasteiger partial charge in [0.05, 0.1) is 5.69 Å². The molecule has 94 valence electrons. The van der Waals surface area contributed by atoms with Gasteiger partial charge in [-0.2, -0.15) is 0 Å². The molecule has 0 radical (unpaired) electrons. The molecule has 0 aliphatic rings. The van der Waals surface area contributed by atoms with E-state index in [0.717, 1.165) is 12.1 Å². The van der Waals surface area contributed by atoms with E-state index in [0.29, 0.717) is 12.4 Å². The molecule has 2 rings (SSSR count). The van der Waals surface area contributed by atoms with Gasteiger partial charge in [-0.1, -0.05) is 0 Å². The normalized spacial score (nSPS) is 10.4. The molecule has 0 amide bonds. The molecule has 0 aliphatic heterocycles. The predicted molar refractivity (Wildman–Crippen MR) is 61.5 cm³/mol. The third-order valence-corrected chi connectivity index (χ3v) is 2.30. The summed E-state index contributed by atoms with van der Waals surface area (Å²) < 4.78 is 38.9. The molecule has 0 unspecified atom stereocenters. The van der Waals surface area contributed by atoms with Crippen molar-refractivity contribution in [2.24, 2.45) is 0 Å². The fraction of sp³-hybridized carbons (Fsp3) is 0.167. The van der Waals surface area contributed by atoms with Crippen LogP contribution in [0.1, 0.15) is 6.92 Å². The summed E-state index contributed by atoms with van der Waals surface area (Å²) >= 11 is 0. The van der Waals surface area contributed by atoms with Crippen LogP contribution in [0.25, 0.3) is 11.3 Å². The number of halogens is 3. The van der Waals surface area contributed by atoms with E-state index in [4.69, 9.17) is 0 Å².